The Morgan fingerprint density at radius 2 is 1.76 bits per heavy atom. The number of nitrogens with zero attached hydrogens (tertiary/aromatic N) is 1. The molecule has 0 aliphatic carbocycles. The van der Waals surface area contributed by atoms with Gasteiger partial charge in [0.05, 0.1) is 11.6 Å². The average molecular weight is 293 g/mol. The monoisotopic (exact) mass is 293 g/mol. The van der Waals surface area contributed by atoms with Crippen LogP contribution < -0.4 is 0 Å². The summed E-state index contributed by atoms with van der Waals surface area (Å²) in [6.07, 6.45) is 0. The highest BCUT2D eigenvalue weighted by Crippen LogP contribution is 2.27. The third-order valence-corrected chi connectivity index (χ3v) is 4.33. The molecule has 21 heavy (non-hydrogen) atoms. The summed E-state index contributed by atoms with van der Waals surface area (Å²) in [6, 6.07) is 20.9. The van der Waals surface area contributed by atoms with Crippen molar-refractivity contribution in [2.24, 2.45) is 0 Å². The molecule has 0 saturated heterocycles. The molecule has 1 nitrogen and oxygen atoms in total. The van der Waals surface area contributed by atoms with E-state index in [0.717, 1.165) is 4.90 Å². The molecule has 0 unspecified atom stereocenters. The van der Waals surface area contributed by atoms with Crippen molar-refractivity contribution in [3.8, 4) is 6.07 Å². The zero-order valence-corrected chi connectivity index (χ0v) is 12.0. The number of hydrogen-bond acceptors (Lipinski definition) is 2. The summed E-state index contributed by atoms with van der Waals surface area (Å²) in [4.78, 5) is 1.09. The van der Waals surface area contributed by atoms with E-state index in [4.69, 9.17) is 5.26 Å². The van der Waals surface area contributed by atoms with Crippen molar-refractivity contribution in [1.82, 2.24) is 0 Å². The smallest absolute Gasteiger partial charge is 0.127 e. The molecular weight excluding hydrogens is 281 g/mol. The second-order valence-electron chi connectivity index (χ2n) is 4.72. The maximum atomic E-state index is 13.7. The van der Waals surface area contributed by atoms with E-state index in [9.17, 15) is 4.39 Å². The first-order valence-electron chi connectivity index (χ1n) is 6.56. The van der Waals surface area contributed by atoms with Gasteiger partial charge < -0.3 is 0 Å². The first-order valence-corrected chi connectivity index (χ1v) is 7.55. The molecule has 0 aliphatic heterocycles. The van der Waals surface area contributed by atoms with Gasteiger partial charge in [-0.05, 0) is 46.7 Å². The van der Waals surface area contributed by atoms with Crippen molar-refractivity contribution in [2.75, 3.05) is 0 Å². The number of nitriles is 1. The fourth-order valence-electron chi connectivity index (χ4n) is 2.17. The van der Waals surface area contributed by atoms with E-state index in [0.29, 0.717) is 16.9 Å². The van der Waals surface area contributed by atoms with Crippen LogP contribution in [0, 0.1) is 17.1 Å². The van der Waals surface area contributed by atoms with Crippen molar-refractivity contribution >= 4 is 22.5 Å². The first-order chi connectivity index (χ1) is 10.3. The Morgan fingerprint density at radius 3 is 2.57 bits per heavy atom. The van der Waals surface area contributed by atoms with Gasteiger partial charge in [0.25, 0.3) is 0 Å². The Hall–Kier alpha value is -2.31. The molecule has 0 atom stereocenters. The highest BCUT2D eigenvalue weighted by molar-refractivity contribution is 7.98. The Morgan fingerprint density at radius 1 is 0.952 bits per heavy atom. The highest BCUT2D eigenvalue weighted by atomic mass is 32.2. The summed E-state index contributed by atoms with van der Waals surface area (Å²) in [7, 11) is 0. The van der Waals surface area contributed by atoms with E-state index in [1.165, 1.54) is 22.9 Å². The van der Waals surface area contributed by atoms with Crippen LogP contribution >= 0.6 is 11.8 Å². The largest absolute Gasteiger partial charge is 0.207 e. The van der Waals surface area contributed by atoms with Crippen molar-refractivity contribution in [3.63, 3.8) is 0 Å². The quantitative estimate of drug-likeness (QED) is 0.624. The summed E-state index contributed by atoms with van der Waals surface area (Å²) in [6.45, 7) is 0. The van der Waals surface area contributed by atoms with Gasteiger partial charge in [0.2, 0.25) is 0 Å². The molecule has 3 aromatic carbocycles. The molecule has 0 saturated carbocycles. The normalized spacial score (nSPS) is 10.5. The van der Waals surface area contributed by atoms with Gasteiger partial charge in [0.1, 0.15) is 5.82 Å². The van der Waals surface area contributed by atoms with Crippen LogP contribution in [0.4, 0.5) is 4.39 Å². The number of rotatable bonds is 3. The lowest BCUT2D eigenvalue weighted by atomic mass is 10.1. The van der Waals surface area contributed by atoms with Crippen LogP contribution in [0.5, 0.6) is 0 Å². The molecule has 0 bridgehead atoms. The van der Waals surface area contributed by atoms with Crippen LogP contribution in [-0.2, 0) is 5.75 Å². The van der Waals surface area contributed by atoms with Crippen LogP contribution in [0.3, 0.4) is 0 Å². The Balaban J connectivity index is 1.82. The van der Waals surface area contributed by atoms with Crippen molar-refractivity contribution in [2.45, 2.75) is 10.6 Å². The molecule has 102 valence electrons. The lowest BCUT2D eigenvalue weighted by molar-refractivity contribution is 0.617. The average Bonchev–Trinajstić information content (AvgIpc) is 2.54. The zero-order chi connectivity index (χ0) is 14.7. The molecule has 3 aromatic rings. The summed E-state index contributed by atoms with van der Waals surface area (Å²) in [5.74, 6) is 0.252. The molecule has 0 heterocycles. The van der Waals surface area contributed by atoms with Crippen LogP contribution in [-0.4, -0.2) is 0 Å². The summed E-state index contributed by atoms with van der Waals surface area (Å²) in [5.41, 5.74) is 1.05. The van der Waals surface area contributed by atoms with Gasteiger partial charge in [-0.1, -0.05) is 30.3 Å². The summed E-state index contributed by atoms with van der Waals surface area (Å²) in [5, 5.41) is 11.2. The fourth-order valence-corrected chi connectivity index (χ4v) is 3.09. The highest BCUT2D eigenvalue weighted by Gasteiger charge is 2.05. The van der Waals surface area contributed by atoms with Gasteiger partial charge >= 0.3 is 0 Å². The third kappa shape index (κ3) is 3.07. The van der Waals surface area contributed by atoms with E-state index in [2.05, 4.69) is 24.3 Å². The Bertz CT molecular complexity index is 836. The number of benzene rings is 3. The van der Waals surface area contributed by atoms with E-state index in [1.54, 1.807) is 17.8 Å². The Kier molecular flexibility index (Phi) is 3.89. The molecule has 0 amide bonds. The molecular formula is C18H12FNS. The van der Waals surface area contributed by atoms with Gasteiger partial charge in [0.15, 0.2) is 0 Å². The third-order valence-electron chi connectivity index (χ3n) is 3.29. The second-order valence-corrected chi connectivity index (χ2v) is 5.76. The van der Waals surface area contributed by atoms with Crippen LogP contribution in [0.1, 0.15) is 11.1 Å². The van der Waals surface area contributed by atoms with E-state index in [-0.39, 0.29) is 5.82 Å². The number of hydrogen-bond donors (Lipinski definition) is 0. The molecule has 3 heteroatoms. The lowest BCUT2D eigenvalue weighted by Gasteiger charge is -2.05. The second kappa shape index (κ2) is 5.99. The standard InChI is InChI=1S/C18H12FNS/c19-18-8-5-13(11-20)9-16(18)12-21-17-7-6-14-3-1-2-4-15(14)10-17/h1-10H,12H2. The van der Waals surface area contributed by atoms with Gasteiger partial charge in [0, 0.05) is 10.6 Å². The molecule has 0 aliphatic rings. The van der Waals surface area contributed by atoms with Crippen LogP contribution in [0.2, 0.25) is 0 Å². The van der Waals surface area contributed by atoms with Gasteiger partial charge in [-0.15, -0.1) is 11.8 Å². The van der Waals surface area contributed by atoms with E-state index in [1.807, 2.05) is 24.3 Å². The number of halogens is 1. The predicted octanol–water partition coefficient (Wildman–Crippen LogP) is 5.14. The molecule has 0 fully saturated rings. The van der Waals surface area contributed by atoms with E-state index < -0.39 is 0 Å². The van der Waals surface area contributed by atoms with Gasteiger partial charge in [-0.3, -0.25) is 0 Å². The molecule has 0 N–H and O–H groups in total. The minimum absolute atomic E-state index is 0.262. The van der Waals surface area contributed by atoms with Crippen LogP contribution in [0.15, 0.2) is 65.6 Å². The Labute approximate surface area is 127 Å². The van der Waals surface area contributed by atoms with Crippen molar-refractivity contribution < 1.29 is 4.39 Å². The summed E-state index contributed by atoms with van der Waals surface area (Å²) >= 11 is 1.57. The number of thioether (sulfide) groups is 1. The van der Waals surface area contributed by atoms with Crippen LogP contribution in [0.25, 0.3) is 10.8 Å². The maximum absolute atomic E-state index is 13.7. The van der Waals surface area contributed by atoms with Gasteiger partial charge in [-0.25, -0.2) is 4.39 Å². The van der Waals surface area contributed by atoms with Gasteiger partial charge in [-0.2, -0.15) is 5.26 Å². The van der Waals surface area contributed by atoms with Crippen molar-refractivity contribution in [3.05, 3.63) is 77.6 Å². The number of fused-ring (bicyclic) bond motifs is 1. The fraction of sp³-hybridized carbons (Fsp3) is 0.0556. The van der Waals surface area contributed by atoms with Crippen molar-refractivity contribution in [1.29, 1.82) is 5.26 Å². The minimum Gasteiger partial charge on any atom is -0.207 e. The summed E-state index contributed by atoms with van der Waals surface area (Å²) < 4.78 is 13.7. The first kappa shape index (κ1) is 13.7. The molecule has 0 aromatic heterocycles. The SMILES string of the molecule is N#Cc1ccc(F)c(CSc2ccc3ccccc3c2)c1. The minimum atomic E-state index is -0.262. The maximum Gasteiger partial charge on any atom is 0.127 e. The topological polar surface area (TPSA) is 23.8 Å². The molecule has 0 radical (unpaired) electrons. The lowest BCUT2D eigenvalue weighted by Crippen LogP contribution is -1.89. The van der Waals surface area contributed by atoms with E-state index >= 15 is 0 Å². The zero-order valence-electron chi connectivity index (χ0n) is 11.2. The molecule has 0 spiro atoms. The molecule has 3 rings (SSSR count). The predicted molar refractivity (Wildman–Crippen MR) is 84.6 cm³/mol.